The van der Waals surface area contributed by atoms with Crippen molar-refractivity contribution in [3.63, 3.8) is 0 Å². The van der Waals surface area contributed by atoms with E-state index in [2.05, 4.69) is 154 Å². The molecule has 0 aliphatic carbocycles. The molecule has 21 N–H and O–H groups in total. The summed E-state index contributed by atoms with van der Waals surface area (Å²) in [6.45, 7) is 2.31. The van der Waals surface area contributed by atoms with Gasteiger partial charge in [0.25, 0.3) is 64.1 Å². The van der Waals surface area contributed by atoms with Crippen molar-refractivity contribution in [2.75, 3.05) is 78.2 Å². The van der Waals surface area contributed by atoms with E-state index >= 15 is 0 Å². The number of hydrogen-bond acceptors (Lipinski definition) is 24. The number of anilines is 6. The number of hydrogen-bond donors (Lipinski definition) is 21. The summed E-state index contributed by atoms with van der Waals surface area (Å²) in [5.41, 5.74) is 15.0. The van der Waals surface area contributed by atoms with Gasteiger partial charge in [0.1, 0.15) is 31.1 Å². The van der Waals surface area contributed by atoms with E-state index in [9.17, 15) is 81.3 Å². The van der Waals surface area contributed by atoms with E-state index in [0.717, 1.165) is 48.6 Å². The number of likely N-dealkylation sites (N-methyl/N-ethyl adjacent to an activating group) is 1. The van der Waals surface area contributed by atoms with Crippen LogP contribution in [0, 0.1) is 0 Å². The molecule has 640 valence electrons. The minimum absolute atomic E-state index is 0.0414. The summed E-state index contributed by atoms with van der Waals surface area (Å²) in [5.74, 6) is -3.98. The molecule has 0 saturated heterocycles. The number of carbonyl (C=O) groups is 4. The van der Waals surface area contributed by atoms with Crippen LogP contribution < -0.4 is 80.4 Å². The summed E-state index contributed by atoms with van der Waals surface area (Å²) in [6.07, 6.45) is 7.14. The molecule has 0 fully saturated rings. The Morgan fingerprint density at radius 2 is 0.678 bits per heavy atom. The Balaban J connectivity index is 0.822. The zero-order valence-corrected chi connectivity index (χ0v) is 76.1. The third-order valence-corrected chi connectivity index (χ3v) is 23.5. The highest BCUT2D eigenvalue weighted by molar-refractivity contribution is 9.11. The fourth-order valence-electron chi connectivity index (χ4n) is 10.3. The second-order valence-corrected chi connectivity index (χ2v) is 36.2. The second-order valence-electron chi connectivity index (χ2n) is 24.7. The fraction of sp³-hybridized carbons (Fsp3) is 0.127. The van der Waals surface area contributed by atoms with Crippen LogP contribution in [0.5, 0.6) is 11.5 Å². The SMILES string of the molecule is CNCCN(CCNC(=S)Nc1ccc(/C=C/c2ccc(NC(=S)NNC(=O)C(Nc3ccc(Cl)cc3)C(=O)N/N=C/c3cc(Br)c(O)c(Br)c3)cc2S(=O)(=O)O)c(S(=O)(=O)O)c1)CCNC(=S)Nc1ccc(/C=C/c2ccc(NC(=S)NNC(=O)C(Nc3ccc(Cl)cc3)C(=O)N/N=C/c3cc(Br)c(O)c(Br)c3)cc2S(=O)(=O)O)c(S(=O)(=O)O)c1. The first-order valence-corrected chi connectivity index (χ1v) is 45.4. The summed E-state index contributed by atoms with van der Waals surface area (Å²) in [4.78, 5) is 53.2. The Morgan fingerprint density at radius 3 is 0.959 bits per heavy atom. The van der Waals surface area contributed by atoms with E-state index in [1.54, 1.807) is 7.05 Å². The molecule has 0 saturated carbocycles. The molecular weight excluding hydrogens is 2040 g/mol. The van der Waals surface area contributed by atoms with Crippen molar-refractivity contribution in [3.8, 4) is 11.5 Å². The molecule has 0 aliphatic heterocycles. The topological polar surface area (TPSA) is 535 Å². The molecule has 4 amide bonds. The number of hydrazone groups is 2. The van der Waals surface area contributed by atoms with Gasteiger partial charge in [0, 0.05) is 83.4 Å². The Bertz CT molecular complexity index is 5520. The third-order valence-electron chi connectivity index (χ3n) is 16.0. The van der Waals surface area contributed by atoms with Crippen molar-refractivity contribution < 1.29 is 81.3 Å². The van der Waals surface area contributed by atoms with E-state index < -0.39 is 95.8 Å². The summed E-state index contributed by atoms with van der Waals surface area (Å²) in [7, 11) is -18.2. The molecule has 8 rings (SSSR count). The molecule has 0 aromatic heterocycles. The van der Waals surface area contributed by atoms with Crippen LogP contribution in [-0.4, -0.2) is 182 Å². The predicted octanol–water partition coefficient (Wildman–Crippen LogP) is 9.47. The molecule has 0 heterocycles. The van der Waals surface area contributed by atoms with Gasteiger partial charge in [-0.25, -0.2) is 10.9 Å². The number of carbonyl (C=O) groups excluding carboxylic acids is 4. The highest BCUT2D eigenvalue weighted by Crippen LogP contribution is 2.35. The minimum Gasteiger partial charge on any atom is -0.506 e. The number of amides is 4. The van der Waals surface area contributed by atoms with Crippen LogP contribution >= 0.6 is 136 Å². The molecule has 2 unspecified atom stereocenters. The van der Waals surface area contributed by atoms with Gasteiger partial charge < -0.3 is 58.1 Å². The van der Waals surface area contributed by atoms with E-state index in [4.69, 9.17) is 72.1 Å². The Hall–Kier alpha value is -9.52. The van der Waals surface area contributed by atoms with Crippen LogP contribution in [0.2, 0.25) is 10.0 Å². The zero-order valence-electron chi connectivity index (χ0n) is 61.7. The largest absolute Gasteiger partial charge is 0.506 e. The lowest BCUT2D eigenvalue weighted by Crippen LogP contribution is -2.54. The lowest BCUT2D eigenvalue weighted by atomic mass is 10.1. The standard InChI is InChI=1S/C71H68Br4Cl2N18O18S8/c1-78-22-25-95(26-23-79-68(114)85-48-14-6-40(56(32-48)118(102,103)104)2-4-42-8-16-50(34-58(42)120(108,109)110)87-70(116)93-91-66(100)60(83-46-18-10-44(76)11-19-46)64(98)89-81-36-38-28-52(72)62(96)53(73)29-38)27-24-80-69(115)86-49-15-7-41(57(33-49)119(105,106)107)3-5-43-9-17-51(35-59(43)121(111,112)113)88-71(117)94-92-67(101)61(84-47-20-12-45(77)13-21-47)65(99)90-82-37-39-30-54(74)63(97)55(75)31-39/h2-21,28-37,60-61,78,83-84,96-97H,22-27H2,1H3,(H,89,98)(H,90,99)(H,91,100)(H,92,101)(H2,79,85,114)(H2,80,86,115)(H2,87,93,116)(H2,88,94,117)(H,102,103,104)(H,105,106,107)(H,108,109,110)(H,111,112,113)/b4-2+,5-3+,81-36+,82-37+. The van der Waals surface area contributed by atoms with Crippen LogP contribution in [-0.2, 0) is 59.7 Å². The number of phenols is 2. The molecule has 0 aliphatic rings. The zero-order chi connectivity index (χ0) is 88.7. The number of thiocarbonyl (C=S) groups is 4. The second kappa shape index (κ2) is 44.5. The maximum Gasteiger partial charge on any atom is 0.295 e. The minimum atomic E-state index is -5.02. The number of hydrazine groups is 2. The number of phenolic OH excluding ortho intramolecular Hbond substituents is 2. The first kappa shape index (κ1) is 96.9. The van der Waals surface area contributed by atoms with Crippen molar-refractivity contribution in [1.82, 2.24) is 53.4 Å². The van der Waals surface area contributed by atoms with Gasteiger partial charge in [0.2, 0.25) is 0 Å². The average molecular weight is 2110 g/mol. The average Bonchev–Trinajstić information content (AvgIpc) is 0.799. The van der Waals surface area contributed by atoms with Crippen LogP contribution in [0.1, 0.15) is 33.4 Å². The fourth-order valence-corrected chi connectivity index (χ4v) is 16.6. The number of halogens is 6. The van der Waals surface area contributed by atoms with E-state index in [0.29, 0.717) is 76.6 Å². The quantitative estimate of drug-likeness (QED) is 0.00454. The molecule has 36 nitrogen and oxygen atoms in total. The maximum absolute atomic E-state index is 13.5. The van der Waals surface area contributed by atoms with E-state index in [-0.39, 0.29) is 90.0 Å². The Kier molecular flexibility index (Phi) is 35.7. The molecule has 121 heavy (non-hydrogen) atoms. The molecule has 0 radical (unpaired) electrons. The van der Waals surface area contributed by atoms with Crippen LogP contribution in [0.4, 0.5) is 34.1 Å². The summed E-state index contributed by atoms with van der Waals surface area (Å²) in [6, 6.07) is 29.4. The first-order valence-electron chi connectivity index (χ1n) is 34.1. The van der Waals surface area contributed by atoms with Gasteiger partial charge in [0.05, 0.1) is 30.3 Å². The molecule has 8 aromatic rings. The molecule has 8 aromatic carbocycles. The number of aromatic hydroxyl groups is 2. The van der Waals surface area contributed by atoms with Gasteiger partial charge in [-0.05, 0) is 274 Å². The molecular formula is C71H68Br4Cl2N18O18S8. The normalized spacial score (nSPS) is 12.3. The molecule has 2 atom stereocenters. The van der Waals surface area contributed by atoms with Crippen molar-refractivity contribution in [2.24, 2.45) is 10.2 Å². The first-order chi connectivity index (χ1) is 57.0. The van der Waals surface area contributed by atoms with Crippen molar-refractivity contribution in [3.05, 3.63) is 207 Å². The molecule has 0 bridgehead atoms. The van der Waals surface area contributed by atoms with Crippen molar-refractivity contribution >= 4 is 291 Å². The van der Waals surface area contributed by atoms with Crippen molar-refractivity contribution in [1.29, 1.82) is 0 Å². The molecule has 0 spiro atoms. The Labute approximate surface area is 757 Å². The van der Waals surface area contributed by atoms with Crippen molar-refractivity contribution in [2.45, 2.75) is 31.7 Å². The third kappa shape index (κ3) is 30.5. The van der Waals surface area contributed by atoms with Crippen LogP contribution in [0.15, 0.2) is 193 Å². The number of benzene rings is 8. The Morgan fingerprint density at radius 1 is 0.405 bits per heavy atom. The van der Waals surface area contributed by atoms with Crippen LogP contribution in [0.25, 0.3) is 24.3 Å². The summed E-state index contributed by atoms with van der Waals surface area (Å²) in [5, 5.41) is 53.7. The van der Waals surface area contributed by atoms with Crippen LogP contribution in [0.3, 0.4) is 0 Å². The summed E-state index contributed by atoms with van der Waals surface area (Å²) >= 11 is 46.6. The van der Waals surface area contributed by atoms with Gasteiger partial charge in [-0.15, -0.1) is 0 Å². The van der Waals surface area contributed by atoms with Gasteiger partial charge in [-0.3, -0.25) is 64.0 Å². The lowest BCUT2D eigenvalue weighted by Gasteiger charge is -2.23. The summed E-state index contributed by atoms with van der Waals surface area (Å²) < 4.78 is 145. The monoisotopic (exact) mass is 2100 g/mol. The molecule has 50 heteroatoms. The van der Waals surface area contributed by atoms with E-state index in [1.165, 1.54) is 134 Å². The van der Waals surface area contributed by atoms with Gasteiger partial charge in [-0.1, -0.05) is 71.8 Å². The predicted molar refractivity (Wildman–Crippen MR) is 493 cm³/mol. The highest BCUT2D eigenvalue weighted by Gasteiger charge is 2.30. The van der Waals surface area contributed by atoms with Gasteiger partial charge in [0.15, 0.2) is 32.5 Å². The smallest absolute Gasteiger partial charge is 0.295 e. The maximum atomic E-state index is 13.5. The lowest BCUT2D eigenvalue weighted by molar-refractivity contribution is -0.132. The van der Waals surface area contributed by atoms with Gasteiger partial charge >= 0.3 is 0 Å². The number of nitrogens with zero attached hydrogens (tertiary/aromatic N) is 3. The number of nitrogens with one attached hydrogen (secondary N) is 15. The highest BCUT2D eigenvalue weighted by atomic mass is 79.9. The number of rotatable bonds is 33. The van der Waals surface area contributed by atoms with E-state index in [1.807, 2.05) is 4.90 Å². The van der Waals surface area contributed by atoms with Gasteiger partial charge in [-0.2, -0.15) is 43.9 Å².